The summed E-state index contributed by atoms with van der Waals surface area (Å²) in [6.07, 6.45) is 5.17. The van der Waals surface area contributed by atoms with Gasteiger partial charge in [-0.05, 0) is 56.6 Å². The number of rotatable bonds is 2. The minimum atomic E-state index is -0.385. The van der Waals surface area contributed by atoms with E-state index in [2.05, 4.69) is 41.4 Å². The number of ether oxygens (including phenoxy) is 1. The second-order valence-corrected chi connectivity index (χ2v) is 8.28. The molecular weight excluding hydrogens is 312 g/mol. The van der Waals surface area contributed by atoms with E-state index >= 15 is 0 Å². The summed E-state index contributed by atoms with van der Waals surface area (Å²) in [4.78, 5) is 15.8. The van der Waals surface area contributed by atoms with E-state index in [-0.39, 0.29) is 5.41 Å². The van der Waals surface area contributed by atoms with Gasteiger partial charge in [-0.3, -0.25) is 4.79 Å². The number of nitrogens with zero attached hydrogens (tertiary/aromatic N) is 1. The molecule has 0 aliphatic carbocycles. The van der Waals surface area contributed by atoms with Crippen LogP contribution in [0.15, 0.2) is 24.3 Å². The van der Waals surface area contributed by atoms with Gasteiger partial charge in [-0.2, -0.15) is 0 Å². The third-order valence-corrected chi connectivity index (χ3v) is 6.80. The molecule has 3 heterocycles. The molecule has 1 aromatic rings. The van der Waals surface area contributed by atoms with Gasteiger partial charge in [0.15, 0.2) is 0 Å². The molecule has 4 rings (SSSR count). The van der Waals surface area contributed by atoms with Crippen LogP contribution < -0.4 is 5.32 Å². The zero-order chi connectivity index (χ0) is 17.3. The first-order valence-electron chi connectivity index (χ1n) is 9.79. The molecule has 4 nitrogen and oxygen atoms in total. The topological polar surface area (TPSA) is 41.6 Å². The Balaban J connectivity index is 1.55. The highest BCUT2D eigenvalue weighted by Gasteiger charge is 2.46. The van der Waals surface area contributed by atoms with Crippen LogP contribution in [-0.2, 0) is 14.9 Å². The lowest BCUT2D eigenvalue weighted by Gasteiger charge is -2.44. The van der Waals surface area contributed by atoms with Gasteiger partial charge in [0.1, 0.15) is 0 Å². The van der Waals surface area contributed by atoms with E-state index in [1.54, 1.807) is 0 Å². The number of hydrogen-bond donors (Lipinski definition) is 1. The Morgan fingerprint density at radius 2 is 1.72 bits per heavy atom. The highest BCUT2D eigenvalue weighted by molar-refractivity contribution is 5.88. The van der Waals surface area contributed by atoms with Crippen molar-refractivity contribution in [2.24, 2.45) is 5.41 Å². The maximum Gasteiger partial charge on any atom is 0.233 e. The van der Waals surface area contributed by atoms with Crippen molar-refractivity contribution in [3.05, 3.63) is 35.4 Å². The van der Waals surface area contributed by atoms with Crippen molar-refractivity contribution in [1.82, 2.24) is 10.2 Å². The van der Waals surface area contributed by atoms with Crippen molar-refractivity contribution in [3.8, 4) is 0 Å². The van der Waals surface area contributed by atoms with Crippen molar-refractivity contribution < 1.29 is 9.53 Å². The van der Waals surface area contributed by atoms with E-state index in [9.17, 15) is 4.79 Å². The van der Waals surface area contributed by atoms with Gasteiger partial charge in [0.2, 0.25) is 5.91 Å². The van der Waals surface area contributed by atoms with Crippen LogP contribution in [0.25, 0.3) is 0 Å². The fourth-order valence-electron chi connectivity index (χ4n) is 4.93. The Labute approximate surface area is 150 Å². The van der Waals surface area contributed by atoms with Gasteiger partial charge >= 0.3 is 0 Å². The van der Waals surface area contributed by atoms with Gasteiger partial charge in [-0.1, -0.05) is 29.8 Å². The van der Waals surface area contributed by atoms with Gasteiger partial charge in [0, 0.05) is 32.8 Å². The molecule has 0 radical (unpaired) electrons. The predicted molar refractivity (Wildman–Crippen MR) is 98.6 cm³/mol. The van der Waals surface area contributed by atoms with Crippen LogP contribution >= 0.6 is 0 Å². The number of likely N-dealkylation sites (tertiary alicyclic amines) is 1. The molecule has 3 fully saturated rings. The van der Waals surface area contributed by atoms with Crippen molar-refractivity contribution in [2.75, 3.05) is 39.4 Å². The van der Waals surface area contributed by atoms with Crippen molar-refractivity contribution in [1.29, 1.82) is 0 Å². The van der Waals surface area contributed by atoms with Crippen LogP contribution in [0.3, 0.4) is 0 Å². The largest absolute Gasteiger partial charge is 0.381 e. The quantitative estimate of drug-likeness (QED) is 0.898. The zero-order valence-electron chi connectivity index (χ0n) is 15.4. The van der Waals surface area contributed by atoms with E-state index in [0.717, 1.165) is 51.9 Å². The lowest BCUT2D eigenvalue weighted by Crippen LogP contribution is -2.53. The summed E-state index contributed by atoms with van der Waals surface area (Å²) in [6.45, 7) is 7.55. The summed E-state index contributed by atoms with van der Waals surface area (Å²) in [5, 5.41) is 3.51. The SMILES string of the molecule is Cc1ccc(C2(C(=O)N3CCC4(CCNC4)CC3)CCOCC2)cc1. The lowest BCUT2D eigenvalue weighted by atomic mass is 9.71. The Hall–Kier alpha value is -1.39. The number of nitrogens with one attached hydrogen (secondary N) is 1. The Morgan fingerprint density at radius 3 is 2.32 bits per heavy atom. The highest BCUT2D eigenvalue weighted by Crippen LogP contribution is 2.41. The number of amides is 1. The molecule has 0 saturated carbocycles. The summed E-state index contributed by atoms with van der Waals surface area (Å²) in [7, 11) is 0. The van der Waals surface area contributed by atoms with Crippen LogP contribution in [-0.4, -0.2) is 50.2 Å². The molecule has 136 valence electrons. The van der Waals surface area contributed by atoms with E-state index in [4.69, 9.17) is 4.74 Å². The van der Waals surface area contributed by atoms with Gasteiger partial charge in [-0.25, -0.2) is 0 Å². The number of carbonyl (C=O) groups is 1. The van der Waals surface area contributed by atoms with Gasteiger partial charge in [-0.15, -0.1) is 0 Å². The summed E-state index contributed by atoms with van der Waals surface area (Å²) < 4.78 is 5.60. The predicted octanol–water partition coefficient (Wildman–Crippen LogP) is 2.65. The highest BCUT2D eigenvalue weighted by atomic mass is 16.5. The molecule has 4 heteroatoms. The van der Waals surface area contributed by atoms with Gasteiger partial charge in [0.05, 0.1) is 5.41 Å². The Kier molecular flexibility index (Phi) is 4.59. The van der Waals surface area contributed by atoms with E-state index in [0.29, 0.717) is 24.5 Å². The molecule has 1 spiro atoms. The molecule has 1 N–H and O–H groups in total. The maximum atomic E-state index is 13.6. The van der Waals surface area contributed by atoms with Crippen LogP contribution in [0, 0.1) is 12.3 Å². The number of benzene rings is 1. The van der Waals surface area contributed by atoms with Crippen molar-refractivity contribution in [2.45, 2.75) is 44.4 Å². The van der Waals surface area contributed by atoms with Gasteiger partial charge < -0.3 is 15.0 Å². The first-order valence-corrected chi connectivity index (χ1v) is 9.79. The van der Waals surface area contributed by atoms with Crippen molar-refractivity contribution >= 4 is 5.91 Å². The van der Waals surface area contributed by atoms with Gasteiger partial charge in [0.25, 0.3) is 0 Å². The standard InChI is InChI=1S/C21H30N2O2/c1-17-2-4-18(5-3-17)21(9-14-25-15-10-21)19(24)23-12-7-20(8-13-23)6-11-22-16-20/h2-5,22H,6-16H2,1H3. The average molecular weight is 342 g/mol. The maximum absolute atomic E-state index is 13.6. The number of piperidine rings is 1. The monoisotopic (exact) mass is 342 g/mol. The van der Waals surface area contributed by atoms with Crippen LogP contribution in [0.2, 0.25) is 0 Å². The fraction of sp³-hybridized carbons (Fsp3) is 0.667. The molecule has 1 aromatic carbocycles. The first kappa shape index (κ1) is 17.0. The van der Waals surface area contributed by atoms with Crippen LogP contribution in [0.4, 0.5) is 0 Å². The van der Waals surface area contributed by atoms with Crippen LogP contribution in [0.1, 0.15) is 43.2 Å². The lowest BCUT2D eigenvalue weighted by molar-refractivity contribution is -0.143. The Bertz CT molecular complexity index is 603. The third kappa shape index (κ3) is 3.11. The number of hydrogen-bond acceptors (Lipinski definition) is 3. The zero-order valence-corrected chi connectivity index (χ0v) is 15.4. The smallest absolute Gasteiger partial charge is 0.233 e. The van der Waals surface area contributed by atoms with Crippen molar-refractivity contribution in [3.63, 3.8) is 0 Å². The van der Waals surface area contributed by atoms with Crippen LogP contribution in [0.5, 0.6) is 0 Å². The number of carbonyl (C=O) groups excluding carboxylic acids is 1. The summed E-state index contributed by atoms with van der Waals surface area (Å²) in [5.41, 5.74) is 2.48. The normalized spacial score (nSPS) is 25.2. The summed E-state index contributed by atoms with van der Waals surface area (Å²) >= 11 is 0. The average Bonchev–Trinajstić information content (AvgIpc) is 3.11. The molecule has 0 atom stereocenters. The number of aryl methyl sites for hydroxylation is 1. The molecule has 3 saturated heterocycles. The third-order valence-electron chi connectivity index (χ3n) is 6.80. The molecule has 0 bridgehead atoms. The first-order chi connectivity index (χ1) is 12.1. The Morgan fingerprint density at radius 1 is 1.04 bits per heavy atom. The fourth-order valence-corrected chi connectivity index (χ4v) is 4.93. The minimum absolute atomic E-state index is 0.334. The van der Waals surface area contributed by atoms with E-state index in [1.165, 1.54) is 17.5 Å². The summed E-state index contributed by atoms with van der Waals surface area (Å²) in [5.74, 6) is 0.334. The second-order valence-electron chi connectivity index (χ2n) is 8.28. The van der Waals surface area contributed by atoms with E-state index < -0.39 is 0 Å². The minimum Gasteiger partial charge on any atom is -0.381 e. The molecule has 1 amide bonds. The molecular formula is C21H30N2O2. The molecule has 25 heavy (non-hydrogen) atoms. The van der Waals surface area contributed by atoms with E-state index in [1.807, 2.05) is 0 Å². The molecule has 0 aromatic heterocycles. The summed E-state index contributed by atoms with van der Waals surface area (Å²) in [6, 6.07) is 8.58. The molecule has 3 aliphatic heterocycles. The molecule has 3 aliphatic rings. The second kappa shape index (κ2) is 6.73. The molecule has 0 unspecified atom stereocenters.